The molecular formula is C30H24ClN3O5S. The third kappa shape index (κ3) is 5.34. The molecular weight excluding hydrogens is 550 g/mol. The Labute approximate surface area is 238 Å². The molecule has 40 heavy (non-hydrogen) atoms. The molecule has 0 saturated carbocycles. The number of amides is 1. The number of ether oxygens (including phenoxy) is 2. The van der Waals surface area contributed by atoms with Crippen molar-refractivity contribution in [2.24, 2.45) is 7.05 Å². The molecule has 10 heteroatoms. The van der Waals surface area contributed by atoms with Gasteiger partial charge in [0.2, 0.25) is 0 Å². The number of thiazole rings is 1. The van der Waals surface area contributed by atoms with Gasteiger partial charge in [0.05, 0.1) is 12.8 Å². The zero-order valence-corrected chi connectivity index (χ0v) is 23.4. The van der Waals surface area contributed by atoms with Crippen LogP contribution in [0.1, 0.15) is 17.4 Å². The number of methoxy groups -OCH3 is 1. The lowest BCUT2D eigenvalue weighted by Gasteiger charge is -2.18. The summed E-state index contributed by atoms with van der Waals surface area (Å²) in [6.45, 7) is 1.46. The van der Waals surface area contributed by atoms with Crippen LogP contribution in [0.5, 0.6) is 5.75 Å². The van der Waals surface area contributed by atoms with Crippen LogP contribution >= 0.6 is 22.9 Å². The van der Waals surface area contributed by atoms with E-state index in [2.05, 4.69) is 10.3 Å². The quantitative estimate of drug-likeness (QED) is 0.234. The monoisotopic (exact) mass is 573 g/mol. The maximum absolute atomic E-state index is 13.5. The Hall–Kier alpha value is -4.47. The van der Waals surface area contributed by atoms with Crippen molar-refractivity contribution in [1.29, 1.82) is 0 Å². The van der Waals surface area contributed by atoms with Crippen LogP contribution in [0, 0.1) is 0 Å². The van der Waals surface area contributed by atoms with E-state index in [-0.39, 0.29) is 11.3 Å². The summed E-state index contributed by atoms with van der Waals surface area (Å²) in [7, 11) is 3.09. The molecule has 2 heterocycles. The van der Waals surface area contributed by atoms with Crippen LogP contribution in [0.15, 0.2) is 83.0 Å². The number of halogens is 1. The van der Waals surface area contributed by atoms with E-state index in [1.165, 1.54) is 29.9 Å². The third-order valence-corrected chi connectivity index (χ3v) is 7.39. The number of carbonyl (C=O) groups is 2. The molecule has 0 saturated heterocycles. The van der Waals surface area contributed by atoms with Gasteiger partial charge in [0.1, 0.15) is 11.4 Å². The molecule has 2 aromatic heterocycles. The number of benzene rings is 3. The van der Waals surface area contributed by atoms with Crippen molar-refractivity contribution in [1.82, 2.24) is 9.55 Å². The molecule has 0 aliphatic carbocycles. The lowest BCUT2D eigenvalue weighted by molar-refractivity contribution is -0.123. The summed E-state index contributed by atoms with van der Waals surface area (Å²) in [5.41, 5.74) is 2.36. The summed E-state index contributed by atoms with van der Waals surface area (Å²) in [5.74, 6) is -0.675. The summed E-state index contributed by atoms with van der Waals surface area (Å²) >= 11 is 7.34. The average molecular weight is 574 g/mol. The minimum atomic E-state index is -1.17. The normalized spacial score (nSPS) is 11.7. The molecule has 0 aliphatic rings. The molecule has 1 unspecified atom stereocenters. The first kappa shape index (κ1) is 27.1. The van der Waals surface area contributed by atoms with E-state index in [1.54, 1.807) is 55.6 Å². The highest BCUT2D eigenvalue weighted by molar-refractivity contribution is 7.14. The number of anilines is 1. The van der Waals surface area contributed by atoms with E-state index in [0.29, 0.717) is 43.5 Å². The second kappa shape index (κ2) is 11.3. The van der Waals surface area contributed by atoms with Gasteiger partial charge < -0.3 is 14.0 Å². The molecule has 5 aromatic rings. The highest BCUT2D eigenvalue weighted by Crippen LogP contribution is 2.32. The number of nitrogens with one attached hydrogen (secondary N) is 1. The molecule has 202 valence electrons. The van der Waals surface area contributed by atoms with Crippen molar-refractivity contribution in [2.45, 2.75) is 13.0 Å². The third-order valence-electron chi connectivity index (χ3n) is 6.38. The van der Waals surface area contributed by atoms with Gasteiger partial charge in [-0.15, -0.1) is 11.3 Å². The van der Waals surface area contributed by atoms with Gasteiger partial charge in [-0.2, -0.15) is 0 Å². The van der Waals surface area contributed by atoms with Crippen molar-refractivity contribution < 1.29 is 19.1 Å². The fraction of sp³-hybridized carbons (Fsp3) is 0.133. The van der Waals surface area contributed by atoms with Crippen LogP contribution in [0.4, 0.5) is 5.13 Å². The molecule has 0 spiro atoms. The maximum atomic E-state index is 13.5. The van der Waals surface area contributed by atoms with E-state index < -0.39 is 18.0 Å². The Morgan fingerprint density at radius 2 is 1.73 bits per heavy atom. The lowest BCUT2D eigenvalue weighted by atomic mass is 9.96. The van der Waals surface area contributed by atoms with Gasteiger partial charge in [0.25, 0.3) is 11.5 Å². The number of aromatic nitrogens is 2. The number of nitrogens with zero attached hydrogens (tertiary/aromatic N) is 2. The molecule has 0 aliphatic heterocycles. The summed E-state index contributed by atoms with van der Waals surface area (Å²) in [6, 6.07) is 21.4. The highest BCUT2D eigenvalue weighted by atomic mass is 35.5. The number of esters is 1. The second-order valence-electron chi connectivity index (χ2n) is 8.95. The Morgan fingerprint density at radius 1 is 1.00 bits per heavy atom. The largest absolute Gasteiger partial charge is 0.497 e. The average Bonchev–Trinajstić information content (AvgIpc) is 3.43. The zero-order chi connectivity index (χ0) is 28.4. The molecule has 8 nitrogen and oxygen atoms in total. The van der Waals surface area contributed by atoms with Crippen molar-refractivity contribution in [3.05, 3.63) is 99.2 Å². The SMILES string of the molecule is COc1cccc(-c2csc(NC(=O)C(C)OC(=O)c3c(-c4ccc(Cl)cc4)c4ccccc4c(=O)n3C)n2)c1. The van der Waals surface area contributed by atoms with Gasteiger partial charge in [-0.3, -0.25) is 14.9 Å². The molecule has 1 amide bonds. The molecule has 0 radical (unpaired) electrons. The van der Waals surface area contributed by atoms with Crippen molar-refractivity contribution in [3.8, 4) is 28.1 Å². The number of hydrogen-bond donors (Lipinski definition) is 1. The second-order valence-corrected chi connectivity index (χ2v) is 10.2. The number of hydrogen-bond acceptors (Lipinski definition) is 7. The maximum Gasteiger partial charge on any atom is 0.356 e. The summed E-state index contributed by atoms with van der Waals surface area (Å²) in [5, 5.41) is 6.44. The first-order valence-electron chi connectivity index (χ1n) is 12.3. The van der Waals surface area contributed by atoms with E-state index >= 15 is 0 Å². The lowest BCUT2D eigenvalue weighted by Crippen LogP contribution is -2.32. The van der Waals surface area contributed by atoms with Gasteiger partial charge in [0.15, 0.2) is 11.2 Å². The van der Waals surface area contributed by atoms with Crippen LogP contribution in [-0.4, -0.2) is 34.6 Å². The predicted molar refractivity (Wildman–Crippen MR) is 157 cm³/mol. The molecule has 0 fully saturated rings. The fourth-order valence-corrected chi connectivity index (χ4v) is 5.18. The molecule has 1 atom stereocenters. The minimum Gasteiger partial charge on any atom is -0.497 e. The van der Waals surface area contributed by atoms with E-state index in [9.17, 15) is 14.4 Å². The van der Waals surface area contributed by atoms with Gasteiger partial charge in [-0.25, -0.2) is 9.78 Å². The summed E-state index contributed by atoms with van der Waals surface area (Å²) in [6.07, 6.45) is -1.17. The Kier molecular flexibility index (Phi) is 7.68. The number of rotatable bonds is 7. The van der Waals surface area contributed by atoms with Crippen molar-refractivity contribution in [3.63, 3.8) is 0 Å². The van der Waals surface area contributed by atoms with E-state index in [0.717, 1.165) is 5.56 Å². The highest BCUT2D eigenvalue weighted by Gasteiger charge is 2.27. The standard InChI is InChI=1S/C30H24ClN3O5S/c1-17(27(35)33-30-32-24(16-40-30)19-7-6-8-21(15-19)38-3)39-29(37)26-25(18-11-13-20(31)14-12-18)22-9-4-5-10-23(22)28(36)34(26)2/h4-17H,1-3H3,(H,32,33,35). The topological polar surface area (TPSA) is 99.5 Å². The molecule has 5 rings (SSSR count). The predicted octanol–water partition coefficient (Wildman–Crippen LogP) is 6.18. The number of fused-ring (bicyclic) bond motifs is 1. The molecule has 3 aromatic carbocycles. The molecule has 1 N–H and O–H groups in total. The van der Waals surface area contributed by atoms with Gasteiger partial charge in [0, 0.05) is 34.0 Å². The van der Waals surface area contributed by atoms with Gasteiger partial charge in [-0.1, -0.05) is 54.1 Å². The van der Waals surface area contributed by atoms with Crippen LogP contribution in [-0.2, 0) is 16.6 Å². The van der Waals surface area contributed by atoms with Crippen LogP contribution in [0.2, 0.25) is 5.02 Å². The molecule has 0 bridgehead atoms. The first-order chi connectivity index (χ1) is 19.3. The fourth-order valence-electron chi connectivity index (χ4n) is 4.34. The first-order valence-corrected chi connectivity index (χ1v) is 13.5. The van der Waals surface area contributed by atoms with Crippen LogP contribution in [0.25, 0.3) is 33.2 Å². The Balaban J connectivity index is 1.41. The van der Waals surface area contributed by atoms with Crippen LogP contribution in [0.3, 0.4) is 0 Å². The van der Waals surface area contributed by atoms with Gasteiger partial charge in [-0.05, 0) is 48.2 Å². The Bertz CT molecular complexity index is 1800. The zero-order valence-electron chi connectivity index (χ0n) is 21.8. The van der Waals surface area contributed by atoms with Crippen LogP contribution < -0.4 is 15.6 Å². The number of carbonyl (C=O) groups excluding carboxylic acids is 2. The van der Waals surface area contributed by atoms with Gasteiger partial charge >= 0.3 is 5.97 Å². The minimum absolute atomic E-state index is 0.0280. The Morgan fingerprint density at radius 3 is 2.45 bits per heavy atom. The van der Waals surface area contributed by atoms with E-state index in [1.807, 2.05) is 29.6 Å². The number of pyridine rings is 1. The van der Waals surface area contributed by atoms with Crippen molar-refractivity contribution >= 4 is 50.7 Å². The smallest absolute Gasteiger partial charge is 0.356 e. The van der Waals surface area contributed by atoms with Crippen molar-refractivity contribution in [2.75, 3.05) is 12.4 Å². The summed E-state index contributed by atoms with van der Waals surface area (Å²) in [4.78, 5) is 44.1. The summed E-state index contributed by atoms with van der Waals surface area (Å²) < 4.78 is 12.1. The van der Waals surface area contributed by atoms with E-state index in [4.69, 9.17) is 21.1 Å².